The highest BCUT2D eigenvalue weighted by molar-refractivity contribution is 7.09. The standard InChI is InChI=1S/C19H20N4O4S/c24-23(25)15-5-1-4-14(10-15)19-20-18(27-21-19)13-22(11-16-6-2-8-26-16)12-17-7-3-9-28-17/h1,3-5,7,9-10,16H,2,6,8,11-13H2. The molecule has 146 valence electrons. The van der Waals surface area contributed by atoms with Crippen LogP contribution in [-0.2, 0) is 17.8 Å². The van der Waals surface area contributed by atoms with Gasteiger partial charge in [0.05, 0.1) is 17.6 Å². The van der Waals surface area contributed by atoms with Crippen LogP contribution in [0.5, 0.6) is 0 Å². The second-order valence-electron chi connectivity index (χ2n) is 6.70. The van der Waals surface area contributed by atoms with Gasteiger partial charge in [0.25, 0.3) is 5.69 Å². The number of ether oxygens (including phenoxy) is 1. The molecule has 0 aliphatic carbocycles. The molecule has 0 bridgehead atoms. The lowest BCUT2D eigenvalue weighted by atomic mass is 10.2. The molecule has 1 saturated heterocycles. The van der Waals surface area contributed by atoms with Gasteiger partial charge in [0.2, 0.25) is 11.7 Å². The van der Waals surface area contributed by atoms with E-state index in [1.807, 2.05) is 6.07 Å². The van der Waals surface area contributed by atoms with Crippen molar-refractivity contribution in [1.29, 1.82) is 0 Å². The first kappa shape index (κ1) is 18.7. The molecule has 1 atom stereocenters. The van der Waals surface area contributed by atoms with Gasteiger partial charge in [-0.3, -0.25) is 15.0 Å². The van der Waals surface area contributed by atoms with Crippen LogP contribution in [0.2, 0.25) is 0 Å². The van der Waals surface area contributed by atoms with Gasteiger partial charge in [0.1, 0.15) is 0 Å². The van der Waals surface area contributed by atoms with E-state index in [9.17, 15) is 10.1 Å². The molecule has 1 aliphatic rings. The second kappa shape index (κ2) is 8.59. The number of non-ortho nitro benzene ring substituents is 1. The Labute approximate surface area is 165 Å². The van der Waals surface area contributed by atoms with Crippen LogP contribution in [0, 0.1) is 10.1 Å². The summed E-state index contributed by atoms with van der Waals surface area (Å²) in [7, 11) is 0. The third kappa shape index (κ3) is 4.61. The first-order valence-electron chi connectivity index (χ1n) is 9.11. The molecular formula is C19H20N4O4S. The number of aromatic nitrogens is 2. The predicted molar refractivity (Wildman–Crippen MR) is 104 cm³/mol. The normalized spacial score (nSPS) is 16.7. The summed E-state index contributed by atoms with van der Waals surface area (Å²) in [4.78, 5) is 18.5. The van der Waals surface area contributed by atoms with Crippen LogP contribution in [-0.4, -0.2) is 39.2 Å². The molecule has 1 fully saturated rings. The summed E-state index contributed by atoms with van der Waals surface area (Å²) in [6, 6.07) is 10.4. The number of nitrogens with zero attached hydrogens (tertiary/aromatic N) is 4. The topological polar surface area (TPSA) is 94.5 Å². The lowest BCUT2D eigenvalue weighted by Crippen LogP contribution is -2.31. The Kier molecular flexibility index (Phi) is 5.75. The average molecular weight is 400 g/mol. The first-order chi connectivity index (χ1) is 13.7. The number of nitro benzene ring substituents is 1. The molecule has 1 unspecified atom stereocenters. The number of rotatable bonds is 8. The zero-order chi connectivity index (χ0) is 19.3. The quantitative estimate of drug-likeness (QED) is 0.418. The van der Waals surface area contributed by atoms with Gasteiger partial charge in [-0.25, -0.2) is 0 Å². The summed E-state index contributed by atoms with van der Waals surface area (Å²) in [5, 5.41) is 17.0. The molecule has 28 heavy (non-hydrogen) atoms. The molecule has 9 heteroatoms. The van der Waals surface area contributed by atoms with Gasteiger partial charge in [-0.05, 0) is 24.3 Å². The molecule has 1 aliphatic heterocycles. The van der Waals surface area contributed by atoms with E-state index in [-0.39, 0.29) is 11.8 Å². The van der Waals surface area contributed by atoms with Crippen molar-refractivity contribution in [1.82, 2.24) is 15.0 Å². The van der Waals surface area contributed by atoms with Gasteiger partial charge in [-0.2, -0.15) is 4.98 Å². The van der Waals surface area contributed by atoms with E-state index in [2.05, 4.69) is 26.5 Å². The van der Waals surface area contributed by atoms with Crippen LogP contribution in [0.1, 0.15) is 23.6 Å². The number of benzene rings is 1. The summed E-state index contributed by atoms with van der Waals surface area (Å²) in [6.45, 7) is 2.90. The minimum atomic E-state index is -0.436. The van der Waals surface area contributed by atoms with Gasteiger partial charge < -0.3 is 9.26 Å². The monoisotopic (exact) mass is 400 g/mol. The Hall–Kier alpha value is -2.62. The Balaban J connectivity index is 1.49. The zero-order valence-corrected chi connectivity index (χ0v) is 16.0. The molecule has 1 aromatic carbocycles. The molecule has 2 aromatic heterocycles. The Morgan fingerprint density at radius 2 is 2.21 bits per heavy atom. The minimum absolute atomic E-state index is 0.00144. The largest absolute Gasteiger partial charge is 0.377 e. The molecule has 0 N–H and O–H groups in total. The third-order valence-electron chi connectivity index (χ3n) is 4.59. The molecule has 4 rings (SSSR count). The molecule has 3 aromatic rings. The van der Waals surface area contributed by atoms with Crippen molar-refractivity contribution in [3.05, 3.63) is 62.7 Å². The summed E-state index contributed by atoms with van der Waals surface area (Å²) in [5.41, 5.74) is 0.565. The van der Waals surface area contributed by atoms with Crippen LogP contribution >= 0.6 is 11.3 Å². The highest BCUT2D eigenvalue weighted by Gasteiger charge is 2.22. The first-order valence-corrected chi connectivity index (χ1v) is 9.99. The SMILES string of the molecule is O=[N+]([O-])c1cccc(-c2noc(CN(Cc3cccs3)CC3CCCO3)n2)c1. The predicted octanol–water partition coefficient (Wildman–Crippen LogP) is 3.89. The molecular weight excluding hydrogens is 380 g/mol. The van der Waals surface area contributed by atoms with Crippen molar-refractivity contribution in [3.63, 3.8) is 0 Å². The number of nitro groups is 1. The van der Waals surface area contributed by atoms with Crippen LogP contribution in [0.25, 0.3) is 11.4 Å². The molecule has 0 saturated carbocycles. The fourth-order valence-electron chi connectivity index (χ4n) is 3.27. The van der Waals surface area contributed by atoms with Crippen molar-refractivity contribution in [2.45, 2.75) is 32.0 Å². The zero-order valence-electron chi connectivity index (χ0n) is 15.2. The highest BCUT2D eigenvalue weighted by atomic mass is 32.1. The van der Waals surface area contributed by atoms with Crippen LogP contribution < -0.4 is 0 Å². The molecule has 3 heterocycles. The Morgan fingerprint density at radius 1 is 1.29 bits per heavy atom. The van der Waals surface area contributed by atoms with E-state index in [0.717, 1.165) is 32.5 Å². The van der Waals surface area contributed by atoms with E-state index in [4.69, 9.17) is 9.26 Å². The van der Waals surface area contributed by atoms with Gasteiger partial charge in [0, 0.05) is 42.3 Å². The maximum absolute atomic E-state index is 11.0. The lowest BCUT2D eigenvalue weighted by Gasteiger charge is -2.23. The van der Waals surface area contributed by atoms with Crippen LogP contribution in [0.3, 0.4) is 0 Å². The van der Waals surface area contributed by atoms with Gasteiger partial charge in [-0.15, -0.1) is 11.3 Å². The van der Waals surface area contributed by atoms with Gasteiger partial charge in [-0.1, -0.05) is 23.4 Å². The summed E-state index contributed by atoms with van der Waals surface area (Å²) >= 11 is 1.71. The Morgan fingerprint density at radius 3 is 2.96 bits per heavy atom. The van der Waals surface area contributed by atoms with Crippen molar-refractivity contribution in [2.24, 2.45) is 0 Å². The molecule has 0 amide bonds. The summed E-state index contributed by atoms with van der Waals surface area (Å²) in [6.07, 6.45) is 2.37. The minimum Gasteiger partial charge on any atom is -0.377 e. The van der Waals surface area contributed by atoms with Gasteiger partial charge in [0.15, 0.2) is 0 Å². The maximum Gasteiger partial charge on any atom is 0.270 e. The number of thiophene rings is 1. The summed E-state index contributed by atoms with van der Waals surface area (Å²) in [5.74, 6) is 0.836. The smallest absolute Gasteiger partial charge is 0.270 e. The van der Waals surface area contributed by atoms with Crippen LogP contribution in [0.4, 0.5) is 5.69 Å². The number of hydrogen-bond acceptors (Lipinski definition) is 8. The van der Waals surface area contributed by atoms with Gasteiger partial charge >= 0.3 is 0 Å². The lowest BCUT2D eigenvalue weighted by molar-refractivity contribution is -0.384. The van der Waals surface area contributed by atoms with E-state index >= 15 is 0 Å². The molecule has 0 spiro atoms. The van der Waals surface area contributed by atoms with Crippen LogP contribution in [0.15, 0.2) is 46.3 Å². The van der Waals surface area contributed by atoms with E-state index in [1.165, 1.54) is 17.0 Å². The van der Waals surface area contributed by atoms with E-state index in [1.54, 1.807) is 23.5 Å². The molecule has 8 nitrogen and oxygen atoms in total. The average Bonchev–Trinajstić information content (AvgIpc) is 3.45. The third-order valence-corrected chi connectivity index (χ3v) is 5.45. The fraction of sp³-hybridized carbons (Fsp3) is 0.368. The van der Waals surface area contributed by atoms with Crippen molar-refractivity contribution in [2.75, 3.05) is 13.2 Å². The number of hydrogen-bond donors (Lipinski definition) is 0. The van der Waals surface area contributed by atoms with Crippen molar-refractivity contribution in [3.8, 4) is 11.4 Å². The second-order valence-corrected chi connectivity index (χ2v) is 7.74. The van der Waals surface area contributed by atoms with Crippen molar-refractivity contribution >= 4 is 17.0 Å². The van der Waals surface area contributed by atoms with E-state index < -0.39 is 4.92 Å². The Bertz CT molecular complexity index is 922. The summed E-state index contributed by atoms with van der Waals surface area (Å²) < 4.78 is 11.2. The highest BCUT2D eigenvalue weighted by Crippen LogP contribution is 2.23. The van der Waals surface area contributed by atoms with E-state index in [0.29, 0.717) is 23.8 Å². The molecule has 0 radical (unpaired) electrons. The van der Waals surface area contributed by atoms with Crippen molar-refractivity contribution < 1.29 is 14.2 Å². The fourth-order valence-corrected chi connectivity index (χ4v) is 4.02. The maximum atomic E-state index is 11.0.